The summed E-state index contributed by atoms with van der Waals surface area (Å²) in [6.07, 6.45) is 0.0659. The fourth-order valence-corrected chi connectivity index (χ4v) is 2.38. The first-order chi connectivity index (χ1) is 13.0. The van der Waals surface area contributed by atoms with E-state index in [4.69, 9.17) is 9.47 Å². The summed E-state index contributed by atoms with van der Waals surface area (Å²) < 4.78 is 24.2. The second-order valence-electron chi connectivity index (χ2n) is 5.81. The number of hydrogen-bond donors (Lipinski definition) is 1. The van der Waals surface area contributed by atoms with E-state index < -0.39 is 5.82 Å². The third kappa shape index (κ3) is 6.62. The number of anilines is 1. The second kappa shape index (κ2) is 10.2. The van der Waals surface area contributed by atoms with E-state index in [1.807, 2.05) is 0 Å². The highest BCUT2D eigenvalue weighted by Gasteiger charge is 2.12. The van der Waals surface area contributed by atoms with Crippen LogP contribution in [0.4, 0.5) is 10.1 Å². The van der Waals surface area contributed by atoms with Crippen molar-refractivity contribution in [2.24, 2.45) is 0 Å². The molecule has 0 heterocycles. The minimum absolute atomic E-state index is 0.0659. The Hall–Kier alpha value is -3.09. The van der Waals surface area contributed by atoms with Gasteiger partial charge in [-0.3, -0.25) is 9.59 Å². The molecule has 0 radical (unpaired) electrons. The number of para-hydroxylation sites is 1. The first-order valence-corrected chi connectivity index (χ1v) is 8.56. The molecule has 0 aromatic heterocycles. The zero-order chi connectivity index (χ0) is 19.6. The van der Waals surface area contributed by atoms with Crippen LogP contribution in [0, 0.1) is 5.82 Å². The summed E-state index contributed by atoms with van der Waals surface area (Å²) in [6.45, 7) is 2.29. The topological polar surface area (TPSA) is 67.9 Å². The fraction of sp³-hybridized carbons (Fsp3) is 0.300. The van der Waals surface area contributed by atoms with Gasteiger partial charge in [0.1, 0.15) is 23.9 Å². The van der Waals surface area contributed by atoms with Crippen LogP contribution >= 0.6 is 0 Å². The van der Waals surface area contributed by atoms with Crippen molar-refractivity contribution in [3.05, 3.63) is 54.3 Å². The van der Waals surface area contributed by atoms with Gasteiger partial charge in [-0.05, 0) is 36.4 Å². The molecule has 2 rings (SSSR count). The second-order valence-corrected chi connectivity index (χ2v) is 5.81. The van der Waals surface area contributed by atoms with Crippen LogP contribution in [0.25, 0.3) is 0 Å². The third-order valence-electron chi connectivity index (χ3n) is 3.89. The van der Waals surface area contributed by atoms with Gasteiger partial charge < -0.3 is 19.7 Å². The molecule has 0 saturated carbocycles. The number of methoxy groups -OCH3 is 1. The lowest BCUT2D eigenvalue weighted by Gasteiger charge is -2.21. The number of benzene rings is 2. The van der Waals surface area contributed by atoms with Crippen LogP contribution in [0.3, 0.4) is 0 Å². The third-order valence-corrected chi connectivity index (χ3v) is 3.89. The normalized spacial score (nSPS) is 10.2. The van der Waals surface area contributed by atoms with Crippen molar-refractivity contribution >= 4 is 17.5 Å². The van der Waals surface area contributed by atoms with E-state index in [0.29, 0.717) is 18.9 Å². The van der Waals surface area contributed by atoms with Gasteiger partial charge in [-0.2, -0.15) is 0 Å². The van der Waals surface area contributed by atoms with Crippen LogP contribution in [0.15, 0.2) is 48.5 Å². The molecule has 0 bridgehead atoms. The van der Waals surface area contributed by atoms with E-state index in [9.17, 15) is 14.0 Å². The highest BCUT2D eigenvalue weighted by molar-refractivity contribution is 5.91. The fourth-order valence-electron chi connectivity index (χ4n) is 2.38. The van der Waals surface area contributed by atoms with Crippen molar-refractivity contribution < 1.29 is 23.5 Å². The van der Waals surface area contributed by atoms with Crippen LogP contribution < -0.4 is 14.8 Å². The molecule has 6 nitrogen and oxygen atoms in total. The molecule has 2 aromatic rings. The molecule has 0 aliphatic carbocycles. The van der Waals surface area contributed by atoms with Gasteiger partial charge in [-0.15, -0.1) is 0 Å². The lowest BCUT2D eigenvalue weighted by molar-refractivity contribution is -0.129. The lowest BCUT2D eigenvalue weighted by Crippen LogP contribution is -2.35. The zero-order valence-electron chi connectivity index (χ0n) is 15.4. The average Bonchev–Trinajstić information content (AvgIpc) is 2.66. The molecule has 0 spiro atoms. The Bertz CT molecular complexity index is 765. The minimum atomic E-state index is -0.498. The zero-order valence-corrected chi connectivity index (χ0v) is 15.4. The van der Waals surface area contributed by atoms with Gasteiger partial charge in [0.05, 0.1) is 19.3 Å². The van der Waals surface area contributed by atoms with Crippen LogP contribution in [-0.4, -0.2) is 43.5 Å². The maximum atomic E-state index is 13.5. The number of ether oxygens (including phenoxy) is 2. The van der Waals surface area contributed by atoms with Crippen molar-refractivity contribution in [3.8, 4) is 11.5 Å². The molecule has 0 fully saturated rings. The minimum Gasteiger partial charge on any atom is -0.497 e. The van der Waals surface area contributed by atoms with Crippen LogP contribution in [0.1, 0.15) is 13.3 Å². The predicted molar refractivity (Wildman–Crippen MR) is 100 cm³/mol. The van der Waals surface area contributed by atoms with E-state index in [1.165, 1.54) is 24.0 Å². The van der Waals surface area contributed by atoms with E-state index >= 15 is 0 Å². The Morgan fingerprint density at radius 1 is 1.04 bits per heavy atom. The van der Waals surface area contributed by atoms with Crippen LogP contribution in [0.5, 0.6) is 11.5 Å². The number of nitrogens with zero attached hydrogens (tertiary/aromatic N) is 1. The van der Waals surface area contributed by atoms with E-state index in [-0.39, 0.29) is 30.5 Å². The Kier molecular flexibility index (Phi) is 7.61. The average molecular weight is 374 g/mol. The largest absolute Gasteiger partial charge is 0.497 e. The molecule has 1 N–H and O–H groups in total. The summed E-state index contributed by atoms with van der Waals surface area (Å²) in [5.41, 5.74) is 0.125. The van der Waals surface area contributed by atoms with E-state index in [0.717, 1.165) is 5.75 Å². The summed E-state index contributed by atoms with van der Waals surface area (Å²) in [6, 6.07) is 13.1. The van der Waals surface area contributed by atoms with Crippen molar-refractivity contribution in [3.63, 3.8) is 0 Å². The Morgan fingerprint density at radius 3 is 2.33 bits per heavy atom. The number of halogens is 1. The van der Waals surface area contributed by atoms with Crippen molar-refractivity contribution in [2.75, 3.05) is 32.1 Å². The summed E-state index contributed by atoms with van der Waals surface area (Å²) >= 11 is 0. The van der Waals surface area contributed by atoms with Crippen molar-refractivity contribution in [2.45, 2.75) is 13.3 Å². The number of rotatable bonds is 9. The number of amides is 2. The molecule has 2 amide bonds. The van der Waals surface area contributed by atoms with E-state index in [2.05, 4.69) is 5.32 Å². The molecule has 0 saturated heterocycles. The summed E-state index contributed by atoms with van der Waals surface area (Å²) in [4.78, 5) is 25.3. The Morgan fingerprint density at radius 2 is 1.70 bits per heavy atom. The molecule has 0 aliphatic rings. The van der Waals surface area contributed by atoms with Gasteiger partial charge in [-0.25, -0.2) is 4.39 Å². The molecule has 27 heavy (non-hydrogen) atoms. The monoisotopic (exact) mass is 374 g/mol. The van der Waals surface area contributed by atoms with Gasteiger partial charge in [-0.1, -0.05) is 12.1 Å². The van der Waals surface area contributed by atoms with Crippen LogP contribution in [-0.2, 0) is 9.59 Å². The number of carbonyl (C=O) groups is 2. The summed E-state index contributed by atoms with van der Waals surface area (Å²) in [5.74, 6) is 0.377. The van der Waals surface area contributed by atoms with Crippen LogP contribution in [0.2, 0.25) is 0 Å². The SMILES string of the molecule is COc1ccc(OCCN(CCC(=O)Nc2ccccc2F)C(C)=O)cc1. The van der Waals surface area contributed by atoms with E-state index in [1.54, 1.807) is 43.5 Å². The molecular weight excluding hydrogens is 351 g/mol. The molecule has 7 heteroatoms. The highest BCUT2D eigenvalue weighted by atomic mass is 19.1. The quantitative estimate of drug-likeness (QED) is 0.732. The van der Waals surface area contributed by atoms with Crippen molar-refractivity contribution in [1.29, 1.82) is 0 Å². The maximum absolute atomic E-state index is 13.5. The number of nitrogens with one attached hydrogen (secondary N) is 1. The first kappa shape index (κ1) is 20.2. The molecule has 0 aliphatic heterocycles. The standard InChI is InChI=1S/C20H23FN2O4/c1-15(24)23(13-14-27-17-9-7-16(26-2)8-10-17)12-11-20(25)22-19-6-4-3-5-18(19)21/h3-10H,11-14H2,1-2H3,(H,22,25). The first-order valence-electron chi connectivity index (χ1n) is 8.56. The van der Waals surface area contributed by atoms with Gasteiger partial charge in [0.2, 0.25) is 11.8 Å². The smallest absolute Gasteiger partial charge is 0.226 e. The highest BCUT2D eigenvalue weighted by Crippen LogP contribution is 2.17. The van der Waals surface area contributed by atoms with Gasteiger partial charge >= 0.3 is 0 Å². The number of hydrogen-bond acceptors (Lipinski definition) is 4. The van der Waals surface area contributed by atoms with Crippen molar-refractivity contribution in [1.82, 2.24) is 4.90 Å². The lowest BCUT2D eigenvalue weighted by atomic mass is 10.3. The Labute approximate surface area is 157 Å². The predicted octanol–water partition coefficient (Wildman–Crippen LogP) is 3.09. The summed E-state index contributed by atoms with van der Waals surface area (Å²) in [7, 11) is 1.59. The van der Waals surface area contributed by atoms with Gasteiger partial charge in [0, 0.05) is 19.9 Å². The molecule has 0 atom stereocenters. The number of carbonyl (C=O) groups excluding carboxylic acids is 2. The maximum Gasteiger partial charge on any atom is 0.226 e. The van der Waals surface area contributed by atoms with Gasteiger partial charge in [0.15, 0.2) is 0 Å². The summed E-state index contributed by atoms with van der Waals surface area (Å²) in [5, 5.41) is 2.50. The molecule has 2 aromatic carbocycles. The van der Waals surface area contributed by atoms with Gasteiger partial charge in [0.25, 0.3) is 0 Å². The molecule has 0 unspecified atom stereocenters. The molecule has 144 valence electrons. The molecular formula is C20H23FN2O4. The Balaban J connectivity index is 1.78.